The monoisotopic (exact) mass is 460 g/mol. The fraction of sp³-hybridized carbons (Fsp3) is 0.250. The van der Waals surface area contributed by atoms with E-state index >= 15 is 0 Å². The highest BCUT2D eigenvalue weighted by Gasteiger charge is 2.40. The SMILES string of the molecule is COc1ccc(/C=C/C(=O)c2cccc(Br)c2)cc1COCC(F)(F)C(F)F. The highest BCUT2D eigenvalue weighted by molar-refractivity contribution is 9.10. The van der Waals surface area contributed by atoms with Crippen LogP contribution in [0.4, 0.5) is 17.6 Å². The number of ether oxygens (including phenoxy) is 2. The van der Waals surface area contributed by atoms with Crippen LogP contribution in [0.2, 0.25) is 0 Å². The van der Waals surface area contributed by atoms with E-state index in [9.17, 15) is 22.4 Å². The smallest absolute Gasteiger partial charge is 0.330 e. The molecule has 0 unspecified atom stereocenters. The molecule has 0 aliphatic rings. The van der Waals surface area contributed by atoms with Gasteiger partial charge in [-0.05, 0) is 35.9 Å². The van der Waals surface area contributed by atoms with Crippen molar-refractivity contribution in [1.82, 2.24) is 0 Å². The Kier molecular flexibility index (Phi) is 7.77. The minimum absolute atomic E-state index is 0.216. The number of ketones is 1. The van der Waals surface area contributed by atoms with E-state index < -0.39 is 19.0 Å². The minimum atomic E-state index is -4.22. The maximum atomic E-state index is 13.0. The van der Waals surface area contributed by atoms with Gasteiger partial charge in [0, 0.05) is 15.6 Å². The summed E-state index contributed by atoms with van der Waals surface area (Å²) in [7, 11) is 1.39. The largest absolute Gasteiger partial charge is 0.496 e. The van der Waals surface area contributed by atoms with Crippen LogP contribution in [0.5, 0.6) is 5.75 Å². The number of rotatable bonds is 9. The number of allylic oxidation sites excluding steroid dienone is 1. The molecule has 0 amide bonds. The number of hydrogen-bond donors (Lipinski definition) is 0. The van der Waals surface area contributed by atoms with Gasteiger partial charge in [0.05, 0.1) is 13.7 Å². The van der Waals surface area contributed by atoms with Gasteiger partial charge in [-0.1, -0.05) is 40.2 Å². The quantitative estimate of drug-likeness (QED) is 0.270. The van der Waals surface area contributed by atoms with E-state index in [0.717, 1.165) is 4.47 Å². The lowest BCUT2D eigenvalue weighted by Crippen LogP contribution is -2.32. The Morgan fingerprint density at radius 3 is 2.61 bits per heavy atom. The molecule has 2 aromatic carbocycles. The van der Waals surface area contributed by atoms with Crippen LogP contribution in [0.1, 0.15) is 21.5 Å². The lowest BCUT2D eigenvalue weighted by Gasteiger charge is -2.16. The van der Waals surface area contributed by atoms with Crippen molar-refractivity contribution in [2.75, 3.05) is 13.7 Å². The van der Waals surface area contributed by atoms with Crippen LogP contribution >= 0.6 is 15.9 Å². The fourth-order valence-electron chi connectivity index (χ4n) is 2.28. The fourth-order valence-corrected chi connectivity index (χ4v) is 2.68. The standard InChI is InChI=1S/C20H17BrF4O3/c1-27-18-8-6-13(5-7-17(26)14-3-2-4-16(21)10-14)9-15(18)11-28-12-20(24,25)19(22)23/h2-10,19H,11-12H2,1H3/b7-5+. The number of benzene rings is 2. The van der Waals surface area contributed by atoms with Crippen molar-refractivity contribution in [3.05, 3.63) is 69.7 Å². The molecule has 8 heteroatoms. The van der Waals surface area contributed by atoms with Gasteiger partial charge < -0.3 is 9.47 Å². The van der Waals surface area contributed by atoms with Crippen molar-refractivity contribution >= 4 is 27.8 Å². The van der Waals surface area contributed by atoms with Crippen molar-refractivity contribution in [3.8, 4) is 5.75 Å². The molecular weight excluding hydrogens is 444 g/mol. The van der Waals surface area contributed by atoms with E-state index in [1.807, 2.05) is 0 Å². The molecule has 0 bridgehead atoms. The van der Waals surface area contributed by atoms with Crippen LogP contribution in [0.3, 0.4) is 0 Å². The topological polar surface area (TPSA) is 35.5 Å². The lowest BCUT2D eigenvalue weighted by atomic mass is 10.1. The zero-order valence-corrected chi connectivity index (χ0v) is 16.4. The summed E-state index contributed by atoms with van der Waals surface area (Å²) in [5.74, 6) is -4.08. The molecule has 0 atom stereocenters. The summed E-state index contributed by atoms with van der Waals surface area (Å²) in [5.41, 5.74) is 1.49. The molecule has 3 nitrogen and oxygen atoms in total. The highest BCUT2D eigenvalue weighted by atomic mass is 79.9. The van der Waals surface area contributed by atoms with Crippen molar-refractivity contribution in [2.45, 2.75) is 19.0 Å². The molecular formula is C20H17BrF4O3. The van der Waals surface area contributed by atoms with Gasteiger partial charge in [0.15, 0.2) is 5.78 Å². The summed E-state index contributed by atoms with van der Waals surface area (Å²) in [4.78, 5) is 12.2. The minimum Gasteiger partial charge on any atom is -0.496 e. The van der Waals surface area contributed by atoms with Crippen LogP contribution < -0.4 is 4.74 Å². The van der Waals surface area contributed by atoms with Gasteiger partial charge in [0.25, 0.3) is 0 Å². The Morgan fingerprint density at radius 1 is 1.21 bits per heavy atom. The van der Waals surface area contributed by atoms with E-state index in [0.29, 0.717) is 22.4 Å². The van der Waals surface area contributed by atoms with Crippen LogP contribution in [-0.2, 0) is 11.3 Å². The average Bonchev–Trinajstić information content (AvgIpc) is 2.66. The Labute approximate surface area is 168 Å². The first kappa shape index (κ1) is 22.1. The Hall–Kier alpha value is -2.19. The molecule has 0 saturated carbocycles. The van der Waals surface area contributed by atoms with Gasteiger partial charge in [-0.25, -0.2) is 8.78 Å². The summed E-state index contributed by atoms with van der Waals surface area (Å²) < 4.78 is 60.9. The first-order valence-corrected chi connectivity index (χ1v) is 8.91. The number of halogens is 5. The van der Waals surface area contributed by atoms with Gasteiger partial charge in [-0.15, -0.1) is 0 Å². The predicted molar refractivity (Wildman–Crippen MR) is 101 cm³/mol. The van der Waals surface area contributed by atoms with E-state index in [1.165, 1.54) is 13.2 Å². The van der Waals surface area contributed by atoms with Crippen LogP contribution in [0.15, 0.2) is 53.0 Å². The molecule has 2 rings (SSSR count). The van der Waals surface area contributed by atoms with E-state index in [4.69, 9.17) is 9.47 Å². The van der Waals surface area contributed by atoms with Gasteiger partial charge in [-0.3, -0.25) is 4.79 Å². The molecule has 0 heterocycles. The Balaban J connectivity index is 2.10. The molecule has 2 aromatic rings. The number of methoxy groups -OCH3 is 1. The van der Waals surface area contributed by atoms with Crippen molar-refractivity contribution in [1.29, 1.82) is 0 Å². The molecule has 0 saturated heterocycles. The molecule has 0 N–H and O–H groups in total. The summed E-state index contributed by atoms with van der Waals surface area (Å²) in [6, 6.07) is 11.7. The molecule has 150 valence electrons. The number of carbonyl (C=O) groups is 1. The van der Waals surface area contributed by atoms with Crippen molar-refractivity contribution < 1.29 is 31.8 Å². The van der Waals surface area contributed by atoms with E-state index in [1.54, 1.807) is 48.5 Å². The molecule has 0 aromatic heterocycles. The third-order valence-electron chi connectivity index (χ3n) is 3.71. The second-order valence-corrected chi connectivity index (χ2v) is 6.75. The maximum absolute atomic E-state index is 13.0. The Bertz CT molecular complexity index is 853. The highest BCUT2D eigenvalue weighted by Crippen LogP contribution is 2.26. The lowest BCUT2D eigenvalue weighted by molar-refractivity contribution is -0.168. The summed E-state index contributed by atoms with van der Waals surface area (Å²) in [6.07, 6.45) is -0.869. The molecule has 0 fully saturated rings. The van der Waals surface area contributed by atoms with E-state index in [-0.39, 0.29) is 12.4 Å². The van der Waals surface area contributed by atoms with Gasteiger partial charge in [0.2, 0.25) is 0 Å². The first-order chi connectivity index (χ1) is 13.2. The summed E-state index contributed by atoms with van der Waals surface area (Å²) >= 11 is 3.29. The maximum Gasteiger partial charge on any atom is 0.330 e. The molecule has 0 spiro atoms. The average molecular weight is 461 g/mol. The van der Waals surface area contributed by atoms with Crippen LogP contribution in [0.25, 0.3) is 6.08 Å². The summed E-state index contributed by atoms with van der Waals surface area (Å²) in [5, 5.41) is 0. The van der Waals surface area contributed by atoms with E-state index in [2.05, 4.69) is 15.9 Å². The number of carbonyl (C=O) groups excluding carboxylic acids is 1. The van der Waals surface area contributed by atoms with Crippen LogP contribution in [-0.4, -0.2) is 31.8 Å². The van der Waals surface area contributed by atoms with Gasteiger partial charge >= 0.3 is 12.3 Å². The zero-order chi connectivity index (χ0) is 20.7. The zero-order valence-electron chi connectivity index (χ0n) is 14.8. The number of alkyl halides is 4. The molecule has 0 aliphatic heterocycles. The van der Waals surface area contributed by atoms with Crippen molar-refractivity contribution in [2.24, 2.45) is 0 Å². The first-order valence-electron chi connectivity index (χ1n) is 8.11. The Morgan fingerprint density at radius 2 is 1.96 bits per heavy atom. The van der Waals surface area contributed by atoms with Crippen LogP contribution in [0, 0.1) is 0 Å². The third kappa shape index (κ3) is 6.17. The van der Waals surface area contributed by atoms with Crippen molar-refractivity contribution in [3.63, 3.8) is 0 Å². The molecule has 28 heavy (non-hydrogen) atoms. The summed E-state index contributed by atoms with van der Waals surface area (Å²) in [6.45, 7) is -1.75. The van der Waals surface area contributed by atoms with Gasteiger partial charge in [0.1, 0.15) is 12.4 Å². The number of hydrogen-bond acceptors (Lipinski definition) is 3. The second kappa shape index (κ2) is 9.84. The third-order valence-corrected chi connectivity index (χ3v) is 4.21. The van der Waals surface area contributed by atoms with Gasteiger partial charge in [-0.2, -0.15) is 8.78 Å². The second-order valence-electron chi connectivity index (χ2n) is 5.83. The molecule has 0 aliphatic carbocycles. The predicted octanol–water partition coefficient (Wildman–Crippen LogP) is 5.77. The normalized spacial score (nSPS) is 12.0. The molecule has 0 radical (unpaired) electrons.